The molecule has 148 valence electrons. The number of anilines is 1. The minimum Gasteiger partial charge on any atom is -0.378 e. The average Bonchev–Trinajstić information content (AvgIpc) is 3.21. The number of aromatic nitrogens is 2. The van der Waals surface area contributed by atoms with Crippen LogP contribution in [-0.2, 0) is 9.53 Å². The Morgan fingerprint density at radius 3 is 2.67 bits per heavy atom. The maximum Gasteiger partial charge on any atom is 0.236 e. The van der Waals surface area contributed by atoms with Gasteiger partial charge in [-0.3, -0.25) is 9.69 Å². The summed E-state index contributed by atoms with van der Waals surface area (Å²) >= 11 is 0. The second kappa shape index (κ2) is 8.52. The second-order valence-electron chi connectivity index (χ2n) is 7.96. The summed E-state index contributed by atoms with van der Waals surface area (Å²) in [7, 11) is 0. The van der Waals surface area contributed by atoms with Crippen LogP contribution in [0, 0.1) is 6.92 Å². The van der Waals surface area contributed by atoms with Gasteiger partial charge < -0.3 is 14.5 Å². The zero-order chi connectivity index (χ0) is 18.6. The third-order valence-corrected chi connectivity index (χ3v) is 5.93. The van der Waals surface area contributed by atoms with Crippen molar-refractivity contribution < 1.29 is 9.53 Å². The molecular formula is C20H31N5O2. The van der Waals surface area contributed by atoms with Gasteiger partial charge in [-0.2, -0.15) is 0 Å². The van der Waals surface area contributed by atoms with Gasteiger partial charge in [0, 0.05) is 38.2 Å². The topological polar surface area (TPSA) is 61.8 Å². The van der Waals surface area contributed by atoms with Gasteiger partial charge in [-0.15, -0.1) is 0 Å². The largest absolute Gasteiger partial charge is 0.378 e. The maximum atomic E-state index is 12.7. The van der Waals surface area contributed by atoms with Crippen molar-refractivity contribution in [2.75, 3.05) is 63.9 Å². The molecule has 3 aliphatic rings. The molecule has 0 unspecified atom stereocenters. The predicted molar refractivity (Wildman–Crippen MR) is 104 cm³/mol. The van der Waals surface area contributed by atoms with Crippen LogP contribution in [0.5, 0.6) is 0 Å². The van der Waals surface area contributed by atoms with Crippen molar-refractivity contribution in [2.24, 2.45) is 0 Å². The molecule has 1 aromatic rings. The fraction of sp³-hybridized carbons (Fsp3) is 0.750. The van der Waals surface area contributed by atoms with Gasteiger partial charge in [0.25, 0.3) is 0 Å². The van der Waals surface area contributed by atoms with Crippen molar-refractivity contribution in [3.05, 3.63) is 17.6 Å². The van der Waals surface area contributed by atoms with E-state index in [1.807, 2.05) is 6.92 Å². The van der Waals surface area contributed by atoms with Crippen LogP contribution in [0.25, 0.3) is 0 Å². The average molecular weight is 374 g/mol. The molecule has 0 N–H and O–H groups in total. The summed E-state index contributed by atoms with van der Waals surface area (Å²) in [6.45, 7) is 9.59. The fourth-order valence-corrected chi connectivity index (χ4v) is 4.42. The van der Waals surface area contributed by atoms with Crippen LogP contribution in [0.1, 0.15) is 43.1 Å². The minimum absolute atomic E-state index is 0.279. The Kier molecular flexibility index (Phi) is 5.88. The highest BCUT2D eigenvalue weighted by atomic mass is 16.5. The van der Waals surface area contributed by atoms with Gasteiger partial charge in [0.15, 0.2) is 0 Å². The fourth-order valence-electron chi connectivity index (χ4n) is 4.42. The van der Waals surface area contributed by atoms with Crippen LogP contribution in [0.15, 0.2) is 6.07 Å². The van der Waals surface area contributed by atoms with E-state index in [1.54, 1.807) is 0 Å². The first kappa shape index (κ1) is 18.6. The summed E-state index contributed by atoms with van der Waals surface area (Å²) in [6, 6.07) is 2.14. The molecule has 7 nitrogen and oxygen atoms in total. The van der Waals surface area contributed by atoms with E-state index in [-0.39, 0.29) is 5.91 Å². The number of hydrogen-bond acceptors (Lipinski definition) is 6. The van der Waals surface area contributed by atoms with E-state index >= 15 is 0 Å². The van der Waals surface area contributed by atoms with E-state index in [2.05, 4.69) is 25.8 Å². The second-order valence-corrected chi connectivity index (χ2v) is 7.96. The van der Waals surface area contributed by atoms with E-state index in [4.69, 9.17) is 9.72 Å². The van der Waals surface area contributed by atoms with Crippen LogP contribution in [-0.4, -0.2) is 84.7 Å². The van der Waals surface area contributed by atoms with Gasteiger partial charge in [0.05, 0.1) is 25.5 Å². The van der Waals surface area contributed by atoms with Crippen molar-refractivity contribution in [2.45, 2.75) is 38.5 Å². The maximum absolute atomic E-state index is 12.7. The molecule has 1 aromatic heterocycles. The minimum atomic E-state index is 0.279. The number of likely N-dealkylation sites (tertiary alicyclic amines) is 2. The lowest BCUT2D eigenvalue weighted by Gasteiger charge is -2.34. The number of hydrogen-bond donors (Lipinski definition) is 0. The molecule has 0 saturated carbocycles. The highest BCUT2D eigenvalue weighted by molar-refractivity contribution is 5.78. The molecule has 4 rings (SSSR count). The Balaban J connectivity index is 1.44. The Labute approximate surface area is 161 Å². The molecular weight excluding hydrogens is 342 g/mol. The zero-order valence-corrected chi connectivity index (χ0v) is 16.4. The van der Waals surface area contributed by atoms with Gasteiger partial charge in [-0.05, 0) is 45.7 Å². The van der Waals surface area contributed by atoms with E-state index in [0.717, 1.165) is 82.7 Å². The van der Waals surface area contributed by atoms with Gasteiger partial charge >= 0.3 is 0 Å². The highest BCUT2D eigenvalue weighted by Crippen LogP contribution is 2.28. The molecule has 0 aliphatic carbocycles. The summed E-state index contributed by atoms with van der Waals surface area (Å²) in [6.07, 6.45) is 4.58. The first-order chi connectivity index (χ1) is 13.2. The Hall–Kier alpha value is -1.73. The molecule has 3 fully saturated rings. The molecule has 0 spiro atoms. The molecule has 1 atom stereocenters. The Morgan fingerprint density at radius 1 is 1.11 bits per heavy atom. The van der Waals surface area contributed by atoms with Crippen molar-refractivity contribution in [1.29, 1.82) is 0 Å². The van der Waals surface area contributed by atoms with Crippen molar-refractivity contribution >= 4 is 11.7 Å². The van der Waals surface area contributed by atoms with E-state index in [0.29, 0.717) is 12.5 Å². The molecule has 4 heterocycles. The summed E-state index contributed by atoms with van der Waals surface area (Å²) in [5.41, 5.74) is 1.09. The molecule has 1 amide bonds. The number of aryl methyl sites for hydroxylation is 1. The molecule has 3 aliphatic heterocycles. The van der Waals surface area contributed by atoms with Gasteiger partial charge in [-0.1, -0.05) is 0 Å². The van der Waals surface area contributed by atoms with Crippen LogP contribution in [0.3, 0.4) is 0 Å². The normalized spacial score (nSPS) is 24.4. The van der Waals surface area contributed by atoms with Gasteiger partial charge in [0.1, 0.15) is 11.6 Å². The summed E-state index contributed by atoms with van der Waals surface area (Å²) in [5, 5.41) is 0. The van der Waals surface area contributed by atoms with Gasteiger partial charge in [-0.25, -0.2) is 9.97 Å². The van der Waals surface area contributed by atoms with E-state index in [1.165, 1.54) is 12.8 Å². The zero-order valence-electron chi connectivity index (χ0n) is 16.4. The summed E-state index contributed by atoms with van der Waals surface area (Å²) in [5.74, 6) is 2.40. The monoisotopic (exact) mass is 373 g/mol. The van der Waals surface area contributed by atoms with Crippen LogP contribution < -0.4 is 4.90 Å². The highest BCUT2D eigenvalue weighted by Gasteiger charge is 2.28. The van der Waals surface area contributed by atoms with Crippen LogP contribution >= 0.6 is 0 Å². The Morgan fingerprint density at radius 2 is 1.89 bits per heavy atom. The number of rotatable bonds is 4. The summed E-state index contributed by atoms with van der Waals surface area (Å²) < 4.78 is 5.46. The lowest BCUT2D eigenvalue weighted by molar-refractivity contribution is -0.133. The molecule has 3 saturated heterocycles. The third-order valence-electron chi connectivity index (χ3n) is 5.93. The standard InChI is InChI=1S/C20H31N5O2/c1-16-21-18(13-19(22-16)24-9-11-27-12-10-24)17-5-4-8-25(14-17)20(26)15-23-6-2-3-7-23/h13,17H,2-12,14-15H2,1H3/t17-/m1/s1. The molecule has 0 radical (unpaired) electrons. The smallest absolute Gasteiger partial charge is 0.236 e. The first-order valence-electron chi connectivity index (χ1n) is 10.4. The van der Waals surface area contributed by atoms with E-state index < -0.39 is 0 Å². The number of ether oxygens (including phenoxy) is 1. The lowest BCUT2D eigenvalue weighted by atomic mass is 9.94. The number of carbonyl (C=O) groups is 1. The lowest BCUT2D eigenvalue weighted by Crippen LogP contribution is -2.44. The Bertz CT molecular complexity index is 656. The SMILES string of the molecule is Cc1nc([C@@H]2CCCN(C(=O)CN3CCCC3)C2)cc(N2CCOCC2)n1. The molecule has 7 heteroatoms. The van der Waals surface area contributed by atoms with E-state index in [9.17, 15) is 4.79 Å². The first-order valence-corrected chi connectivity index (χ1v) is 10.4. The van der Waals surface area contributed by atoms with Crippen molar-refractivity contribution in [3.8, 4) is 0 Å². The third kappa shape index (κ3) is 4.58. The van der Waals surface area contributed by atoms with Crippen molar-refractivity contribution in [1.82, 2.24) is 19.8 Å². The number of nitrogens with zero attached hydrogens (tertiary/aromatic N) is 5. The molecule has 27 heavy (non-hydrogen) atoms. The number of carbonyl (C=O) groups excluding carboxylic acids is 1. The van der Waals surface area contributed by atoms with Gasteiger partial charge in [0.2, 0.25) is 5.91 Å². The summed E-state index contributed by atoms with van der Waals surface area (Å²) in [4.78, 5) is 28.7. The molecule has 0 aromatic carbocycles. The van der Waals surface area contributed by atoms with Crippen LogP contribution in [0.2, 0.25) is 0 Å². The number of piperidine rings is 1. The molecule has 0 bridgehead atoms. The number of amides is 1. The number of morpholine rings is 1. The predicted octanol–water partition coefficient (Wildman–Crippen LogP) is 1.42. The van der Waals surface area contributed by atoms with Crippen molar-refractivity contribution in [3.63, 3.8) is 0 Å². The van der Waals surface area contributed by atoms with Crippen LogP contribution in [0.4, 0.5) is 5.82 Å². The quantitative estimate of drug-likeness (QED) is 0.796.